The Labute approximate surface area is 191 Å². The topological polar surface area (TPSA) is 80.0 Å². The zero-order valence-corrected chi connectivity index (χ0v) is 18.6. The van der Waals surface area contributed by atoms with Gasteiger partial charge in [-0.3, -0.25) is 9.59 Å². The van der Waals surface area contributed by atoms with Gasteiger partial charge in [-0.25, -0.2) is 0 Å². The molecule has 5 rings (SSSR count). The lowest BCUT2D eigenvalue weighted by molar-refractivity contribution is 0.0714. The van der Waals surface area contributed by atoms with Gasteiger partial charge < -0.3 is 19.2 Å². The highest BCUT2D eigenvalue weighted by molar-refractivity contribution is 9.10. The van der Waals surface area contributed by atoms with Crippen LogP contribution in [0.15, 0.2) is 80.4 Å². The summed E-state index contributed by atoms with van der Waals surface area (Å²) in [5, 5.41) is 10.7. The molecule has 4 aromatic rings. The number of phenolic OH excluding ortho intramolecular Hbond substituents is 1. The fraction of sp³-hybridized carbons (Fsp3) is 0.120. The minimum atomic E-state index is -0.704. The van der Waals surface area contributed by atoms with Crippen LogP contribution in [0.4, 0.5) is 0 Å². The summed E-state index contributed by atoms with van der Waals surface area (Å²) in [4.78, 5) is 28.6. The minimum Gasteiger partial charge on any atom is -0.503 e. The molecule has 1 unspecified atom stereocenters. The summed E-state index contributed by atoms with van der Waals surface area (Å²) in [6, 6.07) is 19.1. The minimum absolute atomic E-state index is 0.0396. The molecule has 0 radical (unpaired) electrons. The summed E-state index contributed by atoms with van der Waals surface area (Å²) >= 11 is 3.35. The first kappa shape index (κ1) is 20.3. The Morgan fingerprint density at radius 2 is 1.78 bits per heavy atom. The monoisotopic (exact) mass is 491 g/mol. The van der Waals surface area contributed by atoms with E-state index in [4.69, 9.17) is 9.15 Å². The molecular weight excluding hydrogens is 474 g/mol. The SMILES string of the molecule is COc1cc(C2c3c(oc4ccccc4c3=O)C(=O)N2Cc2ccccc2)cc(Br)c1O. The van der Waals surface area contributed by atoms with Crippen molar-refractivity contribution in [3.8, 4) is 11.5 Å². The van der Waals surface area contributed by atoms with Gasteiger partial charge in [0, 0.05) is 6.54 Å². The normalized spacial score (nSPS) is 15.2. The highest BCUT2D eigenvalue weighted by Crippen LogP contribution is 2.44. The number of carbonyl (C=O) groups excluding carboxylic acids is 1. The molecule has 3 aromatic carbocycles. The molecule has 0 saturated carbocycles. The number of methoxy groups -OCH3 is 1. The Morgan fingerprint density at radius 1 is 1.06 bits per heavy atom. The number of rotatable bonds is 4. The van der Waals surface area contributed by atoms with E-state index in [2.05, 4.69) is 15.9 Å². The Balaban J connectivity index is 1.76. The van der Waals surface area contributed by atoms with E-state index in [-0.39, 0.29) is 40.7 Å². The predicted octanol–water partition coefficient (Wildman–Crippen LogP) is 5.02. The third kappa shape index (κ3) is 3.17. The second-order valence-electron chi connectivity index (χ2n) is 7.54. The van der Waals surface area contributed by atoms with Gasteiger partial charge in [0.1, 0.15) is 5.58 Å². The predicted molar refractivity (Wildman–Crippen MR) is 123 cm³/mol. The Hall–Kier alpha value is -3.58. The van der Waals surface area contributed by atoms with E-state index in [0.29, 0.717) is 21.0 Å². The maximum absolute atomic E-state index is 13.5. The van der Waals surface area contributed by atoms with Crippen molar-refractivity contribution in [2.45, 2.75) is 12.6 Å². The molecule has 0 aliphatic carbocycles. The summed E-state index contributed by atoms with van der Waals surface area (Å²) in [5.74, 6) is -0.140. The molecular formula is C25H18BrNO5. The number of para-hydroxylation sites is 1. The first-order valence-electron chi connectivity index (χ1n) is 9.96. The van der Waals surface area contributed by atoms with Crippen LogP contribution in [-0.4, -0.2) is 23.0 Å². The molecule has 2 heterocycles. The summed E-state index contributed by atoms with van der Waals surface area (Å²) in [7, 11) is 1.45. The van der Waals surface area contributed by atoms with Crippen molar-refractivity contribution < 1.29 is 19.1 Å². The number of benzene rings is 3. The van der Waals surface area contributed by atoms with Gasteiger partial charge in [-0.2, -0.15) is 0 Å². The van der Waals surface area contributed by atoms with Gasteiger partial charge in [-0.1, -0.05) is 42.5 Å². The summed E-state index contributed by atoms with van der Waals surface area (Å²) in [6.07, 6.45) is 0. The standard InChI is InChI=1S/C25H18BrNO5/c1-31-19-12-15(11-17(26)23(19)29)21-20-22(28)16-9-5-6-10-18(16)32-24(20)25(30)27(21)13-14-7-3-2-4-8-14/h2-12,21,29H,13H2,1H3. The lowest BCUT2D eigenvalue weighted by atomic mass is 9.97. The number of halogens is 1. The zero-order chi connectivity index (χ0) is 22.4. The van der Waals surface area contributed by atoms with Crippen molar-refractivity contribution >= 4 is 32.8 Å². The van der Waals surface area contributed by atoms with Crippen molar-refractivity contribution in [1.82, 2.24) is 4.90 Å². The molecule has 1 aromatic heterocycles. The lowest BCUT2D eigenvalue weighted by Gasteiger charge is -2.26. The number of hydrogen-bond acceptors (Lipinski definition) is 5. The van der Waals surface area contributed by atoms with E-state index in [0.717, 1.165) is 5.56 Å². The quantitative estimate of drug-likeness (QED) is 0.433. The van der Waals surface area contributed by atoms with Crippen molar-refractivity contribution in [3.63, 3.8) is 0 Å². The van der Waals surface area contributed by atoms with Gasteiger partial charge in [0.2, 0.25) is 5.76 Å². The molecule has 1 N–H and O–H groups in total. The van der Waals surface area contributed by atoms with Gasteiger partial charge in [0.05, 0.1) is 28.6 Å². The average Bonchev–Trinajstić information content (AvgIpc) is 3.08. The summed E-state index contributed by atoms with van der Waals surface area (Å²) in [5.41, 5.74) is 1.94. The van der Waals surface area contributed by atoms with Crippen LogP contribution in [0.1, 0.15) is 33.3 Å². The molecule has 1 aliphatic rings. The largest absolute Gasteiger partial charge is 0.503 e. The summed E-state index contributed by atoms with van der Waals surface area (Å²) < 4.78 is 11.7. The van der Waals surface area contributed by atoms with E-state index in [1.165, 1.54) is 7.11 Å². The Kier molecular flexibility index (Phi) is 4.98. The second-order valence-corrected chi connectivity index (χ2v) is 8.40. The Morgan fingerprint density at radius 3 is 2.53 bits per heavy atom. The molecule has 6 nitrogen and oxygen atoms in total. The lowest BCUT2D eigenvalue weighted by Crippen LogP contribution is -2.29. The van der Waals surface area contributed by atoms with Crippen LogP contribution in [0.25, 0.3) is 11.0 Å². The van der Waals surface area contributed by atoms with Crippen LogP contribution in [0.3, 0.4) is 0 Å². The van der Waals surface area contributed by atoms with E-state index in [9.17, 15) is 14.7 Å². The second kappa shape index (κ2) is 7.84. The van der Waals surface area contributed by atoms with Crippen LogP contribution in [-0.2, 0) is 6.54 Å². The fourth-order valence-electron chi connectivity index (χ4n) is 4.16. The number of aromatic hydroxyl groups is 1. The van der Waals surface area contributed by atoms with Crippen LogP contribution >= 0.6 is 15.9 Å². The first-order chi connectivity index (χ1) is 15.5. The highest BCUT2D eigenvalue weighted by atomic mass is 79.9. The van der Waals surface area contributed by atoms with Crippen molar-refractivity contribution in [2.24, 2.45) is 0 Å². The molecule has 1 aliphatic heterocycles. The van der Waals surface area contributed by atoms with Crippen molar-refractivity contribution in [1.29, 1.82) is 0 Å². The fourth-order valence-corrected chi connectivity index (χ4v) is 4.62. The van der Waals surface area contributed by atoms with Gasteiger partial charge >= 0.3 is 0 Å². The maximum Gasteiger partial charge on any atom is 0.291 e. The van der Waals surface area contributed by atoms with E-state index in [1.807, 2.05) is 30.3 Å². The molecule has 0 fully saturated rings. The third-order valence-electron chi connectivity index (χ3n) is 5.66. The number of amides is 1. The number of nitrogens with zero attached hydrogens (tertiary/aromatic N) is 1. The number of hydrogen-bond donors (Lipinski definition) is 1. The van der Waals surface area contributed by atoms with Crippen LogP contribution in [0.2, 0.25) is 0 Å². The maximum atomic E-state index is 13.5. The summed E-state index contributed by atoms with van der Waals surface area (Å²) in [6.45, 7) is 0.283. The molecule has 0 bridgehead atoms. The molecule has 7 heteroatoms. The van der Waals surface area contributed by atoms with Crippen LogP contribution in [0.5, 0.6) is 11.5 Å². The van der Waals surface area contributed by atoms with Gasteiger partial charge in [0.25, 0.3) is 5.91 Å². The molecule has 0 spiro atoms. The molecule has 0 saturated heterocycles. The van der Waals surface area contributed by atoms with Crippen molar-refractivity contribution in [2.75, 3.05) is 7.11 Å². The highest BCUT2D eigenvalue weighted by Gasteiger charge is 2.43. The van der Waals surface area contributed by atoms with Gasteiger partial charge in [0.15, 0.2) is 16.9 Å². The average molecular weight is 492 g/mol. The van der Waals surface area contributed by atoms with Crippen LogP contribution in [0, 0.1) is 0 Å². The van der Waals surface area contributed by atoms with E-state index in [1.54, 1.807) is 41.3 Å². The molecule has 1 amide bonds. The van der Waals surface area contributed by atoms with E-state index < -0.39 is 6.04 Å². The zero-order valence-electron chi connectivity index (χ0n) is 17.0. The molecule has 160 valence electrons. The third-order valence-corrected chi connectivity index (χ3v) is 6.26. The van der Waals surface area contributed by atoms with Crippen molar-refractivity contribution in [3.05, 3.63) is 104 Å². The van der Waals surface area contributed by atoms with Gasteiger partial charge in [-0.05, 0) is 51.3 Å². The Bertz CT molecular complexity index is 1410. The molecule has 32 heavy (non-hydrogen) atoms. The number of ether oxygens (including phenoxy) is 1. The number of carbonyl (C=O) groups is 1. The van der Waals surface area contributed by atoms with Gasteiger partial charge in [-0.15, -0.1) is 0 Å². The molecule has 1 atom stereocenters. The number of phenols is 1. The first-order valence-corrected chi connectivity index (χ1v) is 10.8. The van der Waals surface area contributed by atoms with Crippen LogP contribution < -0.4 is 10.2 Å². The number of fused-ring (bicyclic) bond motifs is 2. The smallest absolute Gasteiger partial charge is 0.291 e. The van der Waals surface area contributed by atoms with E-state index >= 15 is 0 Å².